The van der Waals surface area contributed by atoms with E-state index in [1.165, 1.54) is 17.3 Å². The molecule has 2 amide bonds. The highest BCUT2D eigenvalue weighted by Crippen LogP contribution is 2.25. The Hall–Kier alpha value is -2.35. The summed E-state index contributed by atoms with van der Waals surface area (Å²) in [6.45, 7) is 9.86. The number of aryl methyl sites for hydroxylation is 2. The normalized spacial score (nSPS) is 15.7. The van der Waals surface area contributed by atoms with Crippen LogP contribution in [0.5, 0.6) is 0 Å². The van der Waals surface area contributed by atoms with Crippen LogP contribution in [-0.4, -0.2) is 43.3 Å². The number of carbonyl (C=O) groups is 2. The van der Waals surface area contributed by atoms with Gasteiger partial charge in [-0.15, -0.1) is 10.2 Å². The van der Waals surface area contributed by atoms with Crippen molar-refractivity contribution in [2.45, 2.75) is 76.9 Å². The molecule has 1 aliphatic rings. The number of nitrogens with one attached hydrogen (secondary N) is 1. The molecular weight excluding hydrogens is 398 g/mol. The Labute approximate surface area is 182 Å². The quantitative estimate of drug-likeness (QED) is 0.675. The minimum atomic E-state index is -0.326. The number of rotatable bonds is 7. The first-order chi connectivity index (χ1) is 14.4. The van der Waals surface area contributed by atoms with Crippen molar-refractivity contribution in [1.82, 2.24) is 19.7 Å². The van der Waals surface area contributed by atoms with Crippen molar-refractivity contribution in [2.75, 3.05) is 11.9 Å². The van der Waals surface area contributed by atoms with E-state index >= 15 is 0 Å². The number of hydrogen-bond donors (Lipinski definition) is 1. The van der Waals surface area contributed by atoms with E-state index in [1.54, 1.807) is 0 Å². The van der Waals surface area contributed by atoms with Crippen molar-refractivity contribution in [3.63, 3.8) is 0 Å². The molecule has 7 nitrogen and oxygen atoms in total. The highest BCUT2D eigenvalue weighted by Gasteiger charge is 2.23. The molecule has 162 valence electrons. The maximum Gasteiger partial charge on any atom is 0.237 e. The summed E-state index contributed by atoms with van der Waals surface area (Å²) in [5, 5.41) is 12.0. The highest BCUT2D eigenvalue weighted by atomic mass is 32.2. The summed E-state index contributed by atoms with van der Waals surface area (Å²) in [7, 11) is 0. The summed E-state index contributed by atoms with van der Waals surface area (Å²) < 4.78 is 2.00. The molecular formula is C22H31N5O2S. The van der Waals surface area contributed by atoms with Gasteiger partial charge in [0.05, 0.1) is 11.8 Å². The molecule has 30 heavy (non-hydrogen) atoms. The Morgan fingerprint density at radius 1 is 1.23 bits per heavy atom. The maximum atomic E-state index is 12.7. The molecule has 1 fully saturated rings. The van der Waals surface area contributed by atoms with Gasteiger partial charge in [0.1, 0.15) is 0 Å². The molecule has 2 aromatic rings. The van der Waals surface area contributed by atoms with Crippen LogP contribution in [0.1, 0.15) is 56.5 Å². The van der Waals surface area contributed by atoms with Crippen LogP contribution in [0.3, 0.4) is 0 Å². The number of nitrogens with zero attached hydrogens (tertiary/aromatic N) is 4. The van der Waals surface area contributed by atoms with Crippen molar-refractivity contribution in [1.29, 1.82) is 0 Å². The van der Waals surface area contributed by atoms with E-state index in [0.29, 0.717) is 24.7 Å². The first-order valence-electron chi connectivity index (χ1n) is 10.6. The molecule has 0 spiro atoms. The molecule has 0 radical (unpaired) electrons. The molecule has 0 unspecified atom stereocenters. The lowest BCUT2D eigenvalue weighted by molar-refractivity contribution is -0.131. The van der Waals surface area contributed by atoms with Gasteiger partial charge in [-0.2, -0.15) is 0 Å². The van der Waals surface area contributed by atoms with Crippen molar-refractivity contribution >= 4 is 29.3 Å². The standard InChI is InChI=1S/C22H31N5O2S/c1-5-27-19(14-26-12-8-6-7-9-20(26)28)24-25-22(27)30-17(4)21(29)23-18-11-10-15(2)13-16(18)3/h10-11,13,17H,5-9,12,14H2,1-4H3,(H,23,29)/t17-/m0/s1. The van der Waals surface area contributed by atoms with Crippen LogP contribution in [0.2, 0.25) is 0 Å². The molecule has 1 aromatic carbocycles. The van der Waals surface area contributed by atoms with Crippen LogP contribution in [0, 0.1) is 13.8 Å². The lowest BCUT2D eigenvalue weighted by atomic mass is 10.1. The number of likely N-dealkylation sites (tertiary alicyclic amines) is 1. The Morgan fingerprint density at radius 3 is 2.77 bits per heavy atom. The van der Waals surface area contributed by atoms with Crippen LogP contribution < -0.4 is 5.32 Å². The maximum absolute atomic E-state index is 12.7. The van der Waals surface area contributed by atoms with Crippen molar-refractivity contribution in [3.05, 3.63) is 35.2 Å². The second-order valence-electron chi connectivity index (χ2n) is 7.84. The fourth-order valence-electron chi connectivity index (χ4n) is 3.62. The SMILES string of the molecule is CCn1c(CN2CCCCCC2=O)nnc1S[C@@H](C)C(=O)Nc1ccc(C)cc1C. The third-order valence-corrected chi connectivity index (χ3v) is 6.49. The Bertz CT molecular complexity index is 911. The molecule has 1 N–H and O–H groups in total. The fourth-order valence-corrected chi connectivity index (χ4v) is 4.55. The molecule has 0 saturated carbocycles. The largest absolute Gasteiger partial charge is 0.335 e. The minimum absolute atomic E-state index is 0.0677. The Balaban J connectivity index is 1.67. The molecule has 2 heterocycles. The van der Waals surface area contributed by atoms with E-state index < -0.39 is 0 Å². The molecule has 8 heteroatoms. The lowest BCUT2D eigenvalue weighted by Crippen LogP contribution is -2.31. The summed E-state index contributed by atoms with van der Waals surface area (Å²) in [6.07, 6.45) is 3.70. The predicted molar refractivity (Wildman–Crippen MR) is 119 cm³/mol. The van der Waals surface area contributed by atoms with E-state index in [-0.39, 0.29) is 17.1 Å². The number of amides is 2. The summed E-state index contributed by atoms with van der Waals surface area (Å²) in [4.78, 5) is 26.9. The number of benzene rings is 1. The summed E-state index contributed by atoms with van der Waals surface area (Å²) in [5.74, 6) is 0.896. The molecule has 3 rings (SSSR count). The van der Waals surface area contributed by atoms with Gasteiger partial charge in [-0.25, -0.2) is 0 Å². The van der Waals surface area contributed by atoms with Gasteiger partial charge in [0.2, 0.25) is 11.8 Å². The fraction of sp³-hybridized carbons (Fsp3) is 0.545. The average Bonchev–Trinajstić information content (AvgIpc) is 2.97. The monoisotopic (exact) mass is 429 g/mol. The molecule has 1 atom stereocenters. The summed E-state index contributed by atoms with van der Waals surface area (Å²) in [5.41, 5.74) is 3.04. The predicted octanol–water partition coefficient (Wildman–Crippen LogP) is 3.94. The van der Waals surface area contributed by atoms with Crippen molar-refractivity contribution in [2.24, 2.45) is 0 Å². The molecule has 0 aliphatic carbocycles. The Kier molecular flexibility index (Phi) is 7.53. The second kappa shape index (κ2) is 10.1. The molecule has 1 aromatic heterocycles. The minimum Gasteiger partial charge on any atom is -0.335 e. The highest BCUT2D eigenvalue weighted by molar-refractivity contribution is 8.00. The number of hydrogen-bond acceptors (Lipinski definition) is 5. The van der Waals surface area contributed by atoms with Gasteiger partial charge < -0.3 is 14.8 Å². The Morgan fingerprint density at radius 2 is 2.03 bits per heavy atom. The van der Waals surface area contributed by atoms with E-state index in [4.69, 9.17) is 0 Å². The number of anilines is 1. The van der Waals surface area contributed by atoms with E-state index in [0.717, 1.165) is 42.9 Å². The van der Waals surface area contributed by atoms with Gasteiger partial charge in [-0.3, -0.25) is 9.59 Å². The van der Waals surface area contributed by atoms with Gasteiger partial charge in [-0.05, 0) is 52.2 Å². The number of thioether (sulfide) groups is 1. The zero-order chi connectivity index (χ0) is 21.7. The average molecular weight is 430 g/mol. The van der Waals surface area contributed by atoms with Gasteiger partial charge in [-0.1, -0.05) is 35.9 Å². The summed E-state index contributed by atoms with van der Waals surface area (Å²) in [6, 6.07) is 5.98. The van der Waals surface area contributed by atoms with Gasteiger partial charge in [0.15, 0.2) is 11.0 Å². The van der Waals surface area contributed by atoms with Crippen LogP contribution in [0.15, 0.2) is 23.4 Å². The van der Waals surface area contributed by atoms with Crippen molar-refractivity contribution in [3.8, 4) is 0 Å². The third-order valence-electron chi connectivity index (χ3n) is 5.40. The van der Waals surface area contributed by atoms with Crippen LogP contribution in [-0.2, 0) is 22.7 Å². The number of aromatic nitrogens is 3. The van der Waals surface area contributed by atoms with E-state index in [9.17, 15) is 9.59 Å². The lowest BCUT2D eigenvalue weighted by Gasteiger charge is -2.20. The summed E-state index contributed by atoms with van der Waals surface area (Å²) >= 11 is 1.39. The zero-order valence-electron chi connectivity index (χ0n) is 18.3. The second-order valence-corrected chi connectivity index (χ2v) is 9.14. The topological polar surface area (TPSA) is 80.1 Å². The van der Waals surface area contributed by atoms with Crippen LogP contribution in [0.25, 0.3) is 0 Å². The van der Waals surface area contributed by atoms with Gasteiger partial charge >= 0.3 is 0 Å². The molecule has 1 saturated heterocycles. The van der Waals surface area contributed by atoms with E-state index in [1.807, 2.05) is 49.3 Å². The zero-order valence-corrected chi connectivity index (χ0v) is 19.1. The van der Waals surface area contributed by atoms with Gasteiger partial charge in [0, 0.05) is 25.2 Å². The van der Waals surface area contributed by atoms with E-state index in [2.05, 4.69) is 21.6 Å². The van der Waals surface area contributed by atoms with Gasteiger partial charge in [0.25, 0.3) is 0 Å². The van der Waals surface area contributed by atoms with Crippen LogP contribution >= 0.6 is 11.8 Å². The number of carbonyl (C=O) groups excluding carboxylic acids is 2. The first kappa shape index (κ1) is 22.3. The smallest absolute Gasteiger partial charge is 0.237 e. The first-order valence-corrected chi connectivity index (χ1v) is 11.5. The molecule has 0 bridgehead atoms. The van der Waals surface area contributed by atoms with Crippen LogP contribution in [0.4, 0.5) is 5.69 Å². The third kappa shape index (κ3) is 5.41. The van der Waals surface area contributed by atoms with Crippen molar-refractivity contribution < 1.29 is 9.59 Å². The molecule has 1 aliphatic heterocycles.